The van der Waals surface area contributed by atoms with Gasteiger partial charge in [0.2, 0.25) is 0 Å². The van der Waals surface area contributed by atoms with Gasteiger partial charge in [0.1, 0.15) is 13.2 Å². The molecule has 0 saturated carbocycles. The highest BCUT2D eigenvalue weighted by Crippen LogP contribution is 2.14. The third-order valence-electron chi connectivity index (χ3n) is 11.4. The van der Waals surface area contributed by atoms with Gasteiger partial charge in [0.25, 0.3) is 0 Å². The van der Waals surface area contributed by atoms with Gasteiger partial charge in [-0.2, -0.15) is 0 Å². The number of ether oxygens (including phenoxy) is 3. The Balaban J connectivity index is 4.37. The van der Waals surface area contributed by atoms with Gasteiger partial charge in [-0.15, -0.1) is 0 Å². The largest absolute Gasteiger partial charge is 0.462 e. The van der Waals surface area contributed by atoms with Crippen molar-refractivity contribution in [1.82, 2.24) is 0 Å². The summed E-state index contributed by atoms with van der Waals surface area (Å²) in [7, 11) is 0. The van der Waals surface area contributed by atoms with Gasteiger partial charge in [-0.1, -0.05) is 222 Å². The van der Waals surface area contributed by atoms with Crippen molar-refractivity contribution in [1.29, 1.82) is 0 Å². The molecule has 368 valence electrons. The molecule has 0 N–H and O–H groups in total. The lowest BCUT2D eigenvalue weighted by Gasteiger charge is -2.18. The molecular formula is C58H100O6. The fourth-order valence-corrected chi connectivity index (χ4v) is 7.40. The molecule has 6 heteroatoms. The molecule has 6 nitrogen and oxygen atoms in total. The van der Waals surface area contributed by atoms with Gasteiger partial charge in [0.05, 0.1) is 0 Å². The standard InChI is InChI=1S/C58H100O6/c1-4-7-10-13-16-19-21-23-25-27-29-31-32-34-36-39-42-45-48-51-57(60)63-54-55(53-62-56(59)50-47-44-41-38-18-15-12-9-6-3)64-58(61)52-49-46-43-40-37-35-33-30-28-26-24-22-20-17-14-11-8-5-2/h7,10,16,19,23,25-26,28-29,31,34,36,55H,4-6,8-9,11-15,17-18,20-22,24,27,30,32-33,35,37-54H2,1-3H3/b10-7-,19-16-,25-23-,28-26-,31-29-,36-34-. The fourth-order valence-electron chi connectivity index (χ4n) is 7.40. The average molecular weight is 893 g/mol. The summed E-state index contributed by atoms with van der Waals surface area (Å²) in [6, 6.07) is 0. The van der Waals surface area contributed by atoms with E-state index in [4.69, 9.17) is 14.2 Å². The van der Waals surface area contributed by atoms with Gasteiger partial charge in [0.15, 0.2) is 6.10 Å². The molecule has 0 aromatic heterocycles. The maximum atomic E-state index is 12.8. The number of hydrogen-bond donors (Lipinski definition) is 0. The van der Waals surface area contributed by atoms with Gasteiger partial charge < -0.3 is 14.2 Å². The van der Waals surface area contributed by atoms with Crippen LogP contribution in [0, 0.1) is 0 Å². The van der Waals surface area contributed by atoms with Gasteiger partial charge in [-0.3, -0.25) is 14.4 Å². The van der Waals surface area contributed by atoms with E-state index in [9.17, 15) is 14.4 Å². The van der Waals surface area contributed by atoms with E-state index < -0.39 is 6.10 Å². The van der Waals surface area contributed by atoms with Crippen LogP contribution in [-0.2, 0) is 28.6 Å². The number of hydrogen-bond acceptors (Lipinski definition) is 6. The van der Waals surface area contributed by atoms with E-state index in [1.165, 1.54) is 122 Å². The van der Waals surface area contributed by atoms with Crippen LogP contribution in [0.4, 0.5) is 0 Å². The number of esters is 3. The summed E-state index contributed by atoms with van der Waals surface area (Å²) in [5.74, 6) is -0.923. The van der Waals surface area contributed by atoms with Gasteiger partial charge in [0, 0.05) is 19.3 Å². The topological polar surface area (TPSA) is 78.9 Å². The van der Waals surface area contributed by atoms with E-state index in [0.29, 0.717) is 19.3 Å². The molecule has 0 aromatic carbocycles. The monoisotopic (exact) mass is 893 g/mol. The minimum Gasteiger partial charge on any atom is -0.462 e. The van der Waals surface area contributed by atoms with Crippen LogP contribution in [0.25, 0.3) is 0 Å². The minimum absolute atomic E-state index is 0.0865. The van der Waals surface area contributed by atoms with Crippen molar-refractivity contribution in [3.63, 3.8) is 0 Å². The molecule has 0 aliphatic carbocycles. The molecule has 0 aliphatic heterocycles. The number of allylic oxidation sites excluding steroid dienone is 12. The van der Waals surface area contributed by atoms with Crippen molar-refractivity contribution in [2.24, 2.45) is 0 Å². The van der Waals surface area contributed by atoms with Gasteiger partial charge in [-0.05, 0) is 89.9 Å². The van der Waals surface area contributed by atoms with E-state index in [0.717, 1.165) is 96.3 Å². The zero-order chi connectivity index (χ0) is 46.5. The molecule has 0 radical (unpaired) electrons. The van der Waals surface area contributed by atoms with E-state index in [1.54, 1.807) is 0 Å². The van der Waals surface area contributed by atoms with Crippen molar-refractivity contribution in [3.05, 3.63) is 72.9 Å². The lowest BCUT2D eigenvalue weighted by atomic mass is 10.1. The Hall–Kier alpha value is -3.15. The molecule has 0 bridgehead atoms. The van der Waals surface area contributed by atoms with Crippen molar-refractivity contribution in [2.75, 3.05) is 13.2 Å². The maximum absolute atomic E-state index is 12.8. The molecule has 0 fully saturated rings. The Labute approximate surface area is 395 Å². The SMILES string of the molecule is CC/C=C\C/C=C\C/C=C\C/C=C\C/C=C\CCCCCC(=O)OCC(COC(=O)CCCCCCCCCCC)OC(=O)CCCCCCCCC/C=C\CCCCCCCCC. The quantitative estimate of drug-likeness (QED) is 0.0262. The number of carbonyl (C=O) groups is 3. The highest BCUT2D eigenvalue weighted by atomic mass is 16.6. The summed E-state index contributed by atoms with van der Waals surface area (Å²) in [6.07, 6.45) is 66.1. The Morgan fingerprint density at radius 2 is 0.609 bits per heavy atom. The van der Waals surface area contributed by atoms with Crippen molar-refractivity contribution in [3.8, 4) is 0 Å². The zero-order valence-electron chi connectivity index (χ0n) is 42.0. The lowest BCUT2D eigenvalue weighted by molar-refractivity contribution is -0.167. The van der Waals surface area contributed by atoms with Crippen LogP contribution in [0.5, 0.6) is 0 Å². The summed E-state index contributed by atoms with van der Waals surface area (Å²) in [4.78, 5) is 38.0. The molecule has 0 heterocycles. The summed E-state index contributed by atoms with van der Waals surface area (Å²) < 4.78 is 16.8. The Morgan fingerprint density at radius 1 is 0.328 bits per heavy atom. The molecule has 0 saturated heterocycles. The number of unbranched alkanes of at least 4 members (excludes halogenated alkanes) is 25. The molecule has 0 spiro atoms. The summed E-state index contributed by atoms with van der Waals surface area (Å²) >= 11 is 0. The Kier molecular flexibility index (Phi) is 49.9. The first-order chi connectivity index (χ1) is 31.5. The second-order valence-corrected chi connectivity index (χ2v) is 17.8. The lowest BCUT2D eigenvalue weighted by Crippen LogP contribution is -2.30. The first kappa shape index (κ1) is 60.9. The van der Waals surface area contributed by atoms with E-state index in [2.05, 4.69) is 93.7 Å². The zero-order valence-corrected chi connectivity index (χ0v) is 42.0. The summed E-state index contributed by atoms with van der Waals surface area (Å²) in [5, 5.41) is 0. The van der Waals surface area contributed by atoms with Crippen molar-refractivity contribution in [2.45, 2.75) is 264 Å². The van der Waals surface area contributed by atoms with E-state index >= 15 is 0 Å². The van der Waals surface area contributed by atoms with Crippen LogP contribution in [0.15, 0.2) is 72.9 Å². The fraction of sp³-hybridized carbons (Fsp3) is 0.741. The third kappa shape index (κ3) is 49.9. The predicted molar refractivity (Wildman–Crippen MR) is 274 cm³/mol. The number of rotatable bonds is 48. The van der Waals surface area contributed by atoms with Crippen molar-refractivity contribution < 1.29 is 28.6 Å². The first-order valence-electron chi connectivity index (χ1n) is 26.9. The molecule has 0 amide bonds. The normalized spacial score (nSPS) is 12.6. The van der Waals surface area contributed by atoms with Gasteiger partial charge >= 0.3 is 17.9 Å². The molecule has 1 atom stereocenters. The van der Waals surface area contributed by atoms with Crippen LogP contribution in [0.2, 0.25) is 0 Å². The smallest absolute Gasteiger partial charge is 0.306 e. The van der Waals surface area contributed by atoms with Crippen LogP contribution in [0.3, 0.4) is 0 Å². The number of carbonyl (C=O) groups excluding carboxylic acids is 3. The summed E-state index contributed by atoms with van der Waals surface area (Å²) in [6.45, 7) is 6.48. The molecule has 1 unspecified atom stereocenters. The van der Waals surface area contributed by atoms with Gasteiger partial charge in [-0.25, -0.2) is 0 Å². The minimum atomic E-state index is -0.788. The summed E-state index contributed by atoms with van der Waals surface area (Å²) in [5.41, 5.74) is 0. The molecule has 0 rings (SSSR count). The van der Waals surface area contributed by atoms with Crippen LogP contribution in [-0.4, -0.2) is 37.2 Å². The predicted octanol–water partition coefficient (Wildman–Crippen LogP) is 17.8. The molecule has 0 aromatic rings. The second kappa shape index (κ2) is 52.5. The third-order valence-corrected chi connectivity index (χ3v) is 11.4. The van der Waals surface area contributed by atoms with E-state index in [1.807, 2.05) is 0 Å². The van der Waals surface area contributed by atoms with Crippen LogP contribution < -0.4 is 0 Å². The Bertz CT molecular complexity index is 1210. The van der Waals surface area contributed by atoms with Crippen LogP contribution in [0.1, 0.15) is 258 Å². The molecule has 0 aliphatic rings. The van der Waals surface area contributed by atoms with Crippen LogP contribution >= 0.6 is 0 Å². The Morgan fingerprint density at radius 3 is 0.984 bits per heavy atom. The highest BCUT2D eigenvalue weighted by Gasteiger charge is 2.19. The maximum Gasteiger partial charge on any atom is 0.306 e. The molecular weight excluding hydrogens is 793 g/mol. The molecule has 64 heavy (non-hydrogen) atoms. The highest BCUT2D eigenvalue weighted by molar-refractivity contribution is 5.71. The van der Waals surface area contributed by atoms with Crippen molar-refractivity contribution >= 4 is 17.9 Å². The average Bonchev–Trinajstić information content (AvgIpc) is 3.29. The first-order valence-corrected chi connectivity index (χ1v) is 26.9. The van der Waals surface area contributed by atoms with E-state index in [-0.39, 0.29) is 31.1 Å². The second-order valence-electron chi connectivity index (χ2n) is 17.8.